The summed E-state index contributed by atoms with van der Waals surface area (Å²) in [5, 5.41) is 14.8. The van der Waals surface area contributed by atoms with Gasteiger partial charge in [0.05, 0.1) is 18.1 Å². The van der Waals surface area contributed by atoms with Crippen LogP contribution in [-0.2, 0) is 9.59 Å². The average molecular weight is 361 g/mol. The first kappa shape index (κ1) is 13.7. The first-order valence-electron chi connectivity index (χ1n) is 7.15. The lowest BCUT2D eigenvalue weighted by Crippen LogP contribution is -2.28. The van der Waals surface area contributed by atoms with Gasteiger partial charge in [-0.3, -0.25) is 9.59 Å². The topological polar surface area (TPSA) is 70.0 Å². The zero-order chi connectivity index (χ0) is 15.4. The number of allylic oxidation sites excluding steroid dienone is 2. The Bertz CT molecular complexity index is 713. The number of hydrogen-bond donors (Lipinski definition) is 1. The van der Waals surface area contributed by atoms with Crippen molar-refractivity contribution in [2.75, 3.05) is 0 Å². The first-order valence-corrected chi connectivity index (χ1v) is 7.94. The van der Waals surface area contributed by atoms with Gasteiger partial charge in [-0.15, -0.1) is 0 Å². The van der Waals surface area contributed by atoms with Gasteiger partial charge in [0.15, 0.2) is 0 Å². The van der Waals surface area contributed by atoms with Crippen LogP contribution in [-0.4, -0.2) is 28.1 Å². The summed E-state index contributed by atoms with van der Waals surface area (Å²) in [7, 11) is 0. The van der Waals surface area contributed by atoms with Crippen molar-refractivity contribution in [3.8, 4) is 5.75 Å². The Labute approximate surface area is 135 Å². The highest BCUT2D eigenvalue weighted by molar-refractivity contribution is 9.10. The van der Waals surface area contributed by atoms with Crippen LogP contribution in [0.5, 0.6) is 5.75 Å². The second kappa shape index (κ2) is 4.78. The smallest absolute Gasteiger partial charge is 0.254 e. The number of hydrazone groups is 1. The molecule has 1 heterocycles. The fourth-order valence-electron chi connectivity index (χ4n) is 3.75. The molecule has 4 unspecified atom stereocenters. The van der Waals surface area contributed by atoms with Crippen LogP contribution in [0, 0.1) is 23.7 Å². The molecule has 6 heteroatoms. The van der Waals surface area contributed by atoms with Crippen LogP contribution < -0.4 is 0 Å². The number of halogens is 1. The standard InChI is InChI=1S/C16H13BrN2O3/c17-11-3-4-12(20)10(6-11)7-18-19-15(21)13-8-1-2-9(5-8)14(13)16(19)22/h1-4,6-9,13-14,20H,5H2/b18-7+. The number of phenolic OH excluding ortho intramolecular Hbond substituents is 1. The minimum atomic E-state index is -0.254. The minimum Gasteiger partial charge on any atom is -0.507 e. The molecule has 2 bridgehead atoms. The quantitative estimate of drug-likeness (QED) is 0.499. The van der Waals surface area contributed by atoms with Gasteiger partial charge >= 0.3 is 0 Å². The van der Waals surface area contributed by atoms with E-state index in [1.807, 2.05) is 12.2 Å². The number of amides is 2. The number of nitrogens with zero attached hydrogens (tertiary/aromatic N) is 2. The molecule has 0 aromatic heterocycles. The van der Waals surface area contributed by atoms with Crippen LogP contribution in [0.2, 0.25) is 0 Å². The highest BCUT2D eigenvalue weighted by Gasteiger charge is 2.59. The van der Waals surface area contributed by atoms with Crippen molar-refractivity contribution in [3.05, 3.63) is 40.4 Å². The SMILES string of the molecule is O=C1C2C3C=CC(C3)C2C(=O)N1/N=C/c1cc(Br)ccc1O. The summed E-state index contributed by atoms with van der Waals surface area (Å²) in [4.78, 5) is 24.9. The lowest BCUT2D eigenvalue weighted by molar-refractivity contribution is -0.140. The molecule has 0 radical (unpaired) electrons. The molecule has 4 atom stereocenters. The number of hydrogen-bond acceptors (Lipinski definition) is 4. The van der Waals surface area contributed by atoms with Gasteiger partial charge in [0.1, 0.15) is 5.75 Å². The van der Waals surface area contributed by atoms with Crippen molar-refractivity contribution in [1.82, 2.24) is 5.01 Å². The maximum atomic E-state index is 12.4. The third kappa shape index (κ3) is 1.86. The highest BCUT2D eigenvalue weighted by Crippen LogP contribution is 2.52. The number of carbonyl (C=O) groups is 2. The van der Waals surface area contributed by atoms with E-state index in [0.29, 0.717) is 5.56 Å². The predicted octanol–water partition coefficient (Wildman–Crippen LogP) is 2.30. The van der Waals surface area contributed by atoms with E-state index in [9.17, 15) is 14.7 Å². The second-order valence-corrected chi connectivity index (χ2v) is 6.85. The van der Waals surface area contributed by atoms with E-state index in [4.69, 9.17) is 0 Å². The van der Waals surface area contributed by atoms with Gasteiger partial charge in [-0.25, -0.2) is 0 Å². The molecule has 0 spiro atoms. The lowest BCUT2D eigenvalue weighted by atomic mass is 9.85. The van der Waals surface area contributed by atoms with E-state index in [2.05, 4.69) is 21.0 Å². The number of rotatable bonds is 2. The van der Waals surface area contributed by atoms with E-state index >= 15 is 0 Å². The monoisotopic (exact) mass is 360 g/mol. The van der Waals surface area contributed by atoms with Gasteiger partial charge in [0.25, 0.3) is 11.8 Å². The summed E-state index contributed by atoms with van der Waals surface area (Å²) in [6.07, 6.45) is 6.35. The van der Waals surface area contributed by atoms with Crippen LogP contribution in [0.15, 0.2) is 39.9 Å². The van der Waals surface area contributed by atoms with Crippen molar-refractivity contribution in [3.63, 3.8) is 0 Å². The molecule has 5 nitrogen and oxygen atoms in total. The minimum absolute atomic E-state index is 0.0491. The molecular formula is C16H13BrN2O3. The van der Waals surface area contributed by atoms with E-state index in [1.54, 1.807) is 12.1 Å². The van der Waals surface area contributed by atoms with Crippen LogP contribution in [0.25, 0.3) is 0 Å². The number of aromatic hydroxyl groups is 1. The fraction of sp³-hybridized carbons (Fsp3) is 0.312. The number of benzene rings is 1. The van der Waals surface area contributed by atoms with Crippen molar-refractivity contribution >= 4 is 34.0 Å². The summed E-state index contributed by atoms with van der Waals surface area (Å²) < 4.78 is 0.782. The number of phenols is 1. The van der Waals surface area contributed by atoms with E-state index in [-0.39, 0.29) is 41.2 Å². The number of fused-ring (bicyclic) bond motifs is 5. The Morgan fingerprint density at radius 3 is 2.45 bits per heavy atom. The zero-order valence-electron chi connectivity index (χ0n) is 11.5. The number of imide groups is 1. The Kier molecular flexibility index (Phi) is 2.97. The van der Waals surface area contributed by atoms with Gasteiger partial charge in [0, 0.05) is 10.0 Å². The summed E-state index contributed by atoms with van der Waals surface area (Å²) >= 11 is 3.31. The molecule has 1 aliphatic heterocycles. The van der Waals surface area contributed by atoms with Crippen molar-refractivity contribution in [1.29, 1.82) is 0 Å². The molecule has 4 rings (SSSR count). The Morgan fingerprint density at radius 1 is 1.18 bits per heavy atom. The molecule has 112 valence electrons. The van der Waals surface area contributed by atoms with Crippen molar-refractivity contribution in [2.45, 2.75) is 6.42 Å². The second-order valence-electron chi connectivity index (χ2n) is 5.94. The molecule has 3 aliphatic rings. The van der Waals surface area contributed by atoms with Crippen molar-refractivity contribution < 1.29 is 14.7 Å². The molecule has 1 aromatic carbocycles. The molecule has 22 heavy (non-hydrogen) atoms. The van der Waals surface area contributed by atoms with Crippen LogP contribution in [0.1, 0.15) is 12.0 Å². The Hall–Kier alpha value is -1.95. The molecule has 2 fully saturated rings. The van der Waals surface area contributed by atoms with Gasteiger partial charge in [0.2, 0.25) is 0 Å². The normalized spacial score (nSPS) is 32.5. The van der Waals surface area contributed by atoms with Gasteiger partial charge < -0.3 is 5.11 Å². The Morgan fingerprint density at radius 2 is 1.82 bits per heavy atom. The predicted molar refractivity (Wildman–Crippen MR) is 83.0 cm³/mol. The maximum absolute atomic E-state index is 12.4. The van der Waals surface area contributed by atoms with Crippen LogP contribution in [0.4, 0.5) is 0 Å². The van der Waals surface area contributed by atoms with E-state index in [1.165, 1.54) is 12.3 Å². The van der Waals surface area contributed by atoms with Crippen LogP contribution >= 0.6 is 15.9 Å². The molecular weight excluding hydrogens is 348 g/mol. The summed E-state index contributed by atoms with van der Waals surface area (Å²) in [6.45, 7) is 0. The fourth-order valence-corrected chi connectivity index (χ4v) is 4.13. The molecule has 2 aliphatic carbocycles. The van der Waals surface area contributed by atoms with Crippen LogP contribution in [0.3, 0.4) is 0 Å². The van der Waals surface area contributed by atoms with Gasteiger partial charge in [-0.1, -0.05) is 28.1 Å². The summed E-state index contributed by atoms with van der Waals surface area (Å²) in [5.74, 6) is -0.563. The molecule has 1 N–H and O–H groups in total. The number of carbonyl (C=O) groups excluding carboxylic acids is 2. The molecule has 2 amide bonds. The third-order valence-electron chi connectivity index (χ3n) is 4.75. The largest absolute Gasteiger partial charge is 0.507 e. The first-order chi connectivity index (χ1) is 10.6. The summed E-state index contributed by atoms with van der Waals surface area (Å²) in [5.41, 5.74) is 0.452. The maximum Gasteiger partial charge on any atom is 0.254 e. The average Bonchev–Trinajstić information content (AvgIpc) is 3.16. The van der Waals surface area contributed by atoms with Crippen molar-refractivity contribution in [2.24, 2.45) is 28.8 Å². The van der Waals surface area contributed by atoms with E-state index < -0.39 is 0 Å². The zero-order valence-corrected chi connectivity index (χ0v) is 13.1. The molecule has 1 aromatic rings. The Balaban J connectivity index is 1.62. The van der Waals surface area contributed by atoms with Gasteiger partial charge in [-0.2, -0.15) is 10.1 Å². The molecule has 1 saturated carbocycles. The molecule has 1 saturated heterocycles. The summed E-state index contributed by atoms with van der Waals surface area (Å²) in [6, 6.07) is 4.90. The lowest BCUT2D eigenvalue weighted by Gasteiger charge is -2.13. The third-order valence-corrected chi connectivity index (χ3v) is 5.24. The van der Waals surface area contributed by atoms with Gasteiger partial charge in [-0.05, 0) is 36.5 Å². The highest BCUT2D eigenvalue weighted by atomic mass is 79.9. The van der Waals surface area contributed by atoms with E-state index in [0.717, 1.165) is 15.9 Å².